The lowest BCUT2D eigenvalue weighted by Gasteiger charge is -2.07. The van der Waals surface area contributed by atoms with Crippen molar-refractivity contribution >= 4 is 40.4 Å². The Hall–Kier alpha value is -3.07. The molecule has 0 saturated carbocycles. The van der Waals surface area contributed by atoms with Crippen molar-refractivity contribution < 1.29 is 24.0 Å². The lowest BCUT2D eigenvalue weighted by Crippen LogP contribution is -2.21. The Balaban J connectivity index is 1.78. The first-order chi connectivity index (χ1) is 12.8. The Morgan fingerprint density at radius 3 is 2.52 bits per heavy atom. The topological polar surface area (TPSA) is 116 Å². The summed E-state index contributed by atoms with van der Waals surface area (Å²) in [6.07, 6.45) is -0.121. The minimum atomic E-state index is -0.665. The second-order valence-electron chi connectivity index (χ2n) is 5.80. The molecular weight excluding hydrogens is 372 g/mol. The van der Waals surface area contributed by atoms with E-state index < -0.39 is 23.4 Å². The van der Waals surface area contributed by atoms with Gasteiger partial charge in [-0.3, -0.25) is 24.5 Å². The third-order valence-electron chi connectivity index (χ3n) is 3.63. The summed E-state index contributed by atoms with van der Waals surface area (Å²) < 4.78 is 4.84. The molecular formula is C18H18N2O6S. The van der Waals surface area contributed by atoms with Crippen LogP contribution in [0.1, 0.15) is 33.0 Å². The first-order valence-corrected chi connectivity index (χ1v) is 8.88. The zero-order valence-electron chi connectivity index (χ0n) is 14.8. The average molecular weight is 390 g/mol. The summed E-state index contributed by atoms with van der Waals surface area (Å²) in [7, 11) is 0. The number of amides is 1. The number of thiophene rings is 1. The normalized spacial score (nSPS) is 10.3. The molecule has 0 bridgehead atoms. The van der Waals surface area contributed by atoms with Gasteiger partial charge in [0.15, 0.2) is 12.4 Å². The summed E-state index contributed by atoms with van der Waals surface area (Å²) in [6, 6.07) is 7.80. The van der Waals surface area contributed by atoms with Gasteiger partial charge in [0.2, 0.25) is 0 Å². The maximum absolute atomic E-state index is 11.9. The first kappa shape index (κ1) is 20.2. The molecule has 1 aromatic heterocycles. The molecule has 0 radical (unpaired) electrons. The third kappa shape index (κ3) is 6.00. The van der Waals surface area contributed by atoms with Crippen molar-refractivity contribution in [3.05, 3.63) is 55.8 Å². The molecule has 142 valence electrons. The highest BCUT2D eigenvalue weighted by Gasteiger charge is 2.15. The molecule has 1 N–H and O–H groups in total. The second-order valence-corrected chi connectivity index (χ2v) is 7.09. The van der Waals surface area contributed by atoms with Crippen LogP contribution in [0.5, 0.6) is 0 Å². The Morgan fingerprint density at radius 1 is 1.15 bits per heavy atom. The zero-order chi connectivity index (χ0) is 20.0. The van der Waals surface area contributed by atoms with Gasteiger partial charge >= 0.3 is 5.97 Å². The molecule has 1 aromatic carbocycles. The lowest BCUT2D eigenvalue weighted by atomic mass is 10.2. The molecule has 0 aliphatic heterocycles. The number of hydrogen-bond donors (Lipinski definition) is 1. The van der Waals surface area contributed by atoms with Crippen molar-refractivity contribution in [2.75, 3.05) is 11.9 Å². The Bertz CT molecular complexity index is 890. The number of carbonyl (C=O) groups is 3. The minimum Gasteiger partial charge on any atom is -0.456 e. The quantitative estimate of drug-likeness (QED) is 0.320. The molecule has 2 aromatic rings. The highest BCUT2D eigenvalue weighted by molar-refractivity contribution is 7.14. The maximum atomic E-state index is 11.9. The van der Waals surface area contributed by atoms with E-state index in [1.165, 1.54) is 29.5 Å². The van der Waals surface area contributed by atoms with Crippen molar-refractivity contribution in [3.8, 4) is 0 Å². The van der Waals surface area contributed by atoms with Gasteiger partial charge in [-0.05, 0) is 32.0 Å². The number of hydrogen-bond acceptors (Lipinski definition) is 7. The van der Waals surface area contributed by atoms with Crippen LogP contribution in [0.4, 0.5) is 11.4 Å². The SMILES string of the molecule is Cc1ccc(C(=O)CCC(=O)OCC(=O)Nc2ccc(C)c([N+](=O)[O-])c2)s1. The summed E-state index contributed by atoms with van der Waals surface area (Å²) >= 11 is 1.36. The number of esters is 1. The van der Waals surface area contributed by atoms with E-state index in [0.717, 1.165) is 4.88 Å². The number of rotatable bonds is 8. The number of nitro benzene ring substituents is 1. The molecule has 0 saturated heterocycles. The van der Waals surface area contributed by atoms with Crippen molar-refractivity contribution in [3.63, 3.8) is 0 Å². The number of nitro groups is 1. The predicted molar refractivity (Wildman–Crippen MR) is 100 cm³/mol. The number of nitrogens with one attached hydrogen (secondary N) is 1. The predicted octanol–water partition coefficient (Wildman–Crippen LogP) is 3.42. The summed E-state index contributed by atoms with van der Waals surface area (Å²) in [5, 5.41) is 13.3. The molecule has 2 rings (SSSR count). The zero-order valence-corrected chi connectivity index (χ0v) is 15.6. The number of benzene rings is 1. The molecule has 0 aliphatic rings. The van der Waals surface area contributed by atoms with Crippen LogP contribution in [-0.2, 0) is 14.3 Å². The van der Waals surface area contributed by atoms with Crippen LogP contribution >= 0.6 is 11.3 Å². The molecule has 0 fully saturated rings. The first-order valence-electron chi connectivity index (χ1n) is 8.06. The van der Waals surface area contributed by atoms with Gasteiger partial charge in [-0.15, -0.1) is 11.3 Å². The van der Waals surface area contributed by atoms with Crippen LogP contribution in [0.3, 0.4) is 0 Å². The smallest absolute Gasteiger partial charge is 0.306 e. The van der Waals surface area contributed by atoms with Gasteiger partial charge in [0.05, 0.1) is 16.2 Å². The van der Waals surface area contributed by atoms with Crippen molar-refractivity contribution in [2.24, 2.45) is 0 Å². The van der Waals surface area contributed by atoms with E-state index in [0.29, 0.717) is 10.4 Å². The van der Waals surface area contributed by atoms with E-state index in [1.807, 2.05) is 13.0 Å². The number of ether oxygens (including phenoxy) is 1. The van der Waals surface area contributed by atoms with E-state index in [9.17, 15) is 24.5 Å². The minimum absolute atomic E-state index is 0.00453. The van der Waals surface area contributed by atoms with Gasteiger partial charge in [-0.2, -0.15) is 0 Å². The van der Waals surface area contributed by atoms with Crippen LogP contribution < -0.4 is 5.32 Å². The second kappa shape index (κ2) is 9.04. The number of ketones is 1. The average Bonchev–Trinajstić information content (AvgIpc) is 3.05. The van der Waals surface area contributed by atoms with E-state index in [2.05, 4.69) is 5.32 Å². The number of nitrogens with zero attached hydrogens (tertiary/aromatic N) is 1. The lowest BCUT2D eigenvalue weighted by molar-refractivity contribution is -0.385. The van der Waals surface area contributed by atoms with Crippen LogP contribution in [0, 0.1) is 24.0 Å². The Labute approximate surface area is 159 Å². The van der Waals surface area contributed by atoms with E-state index in [1.54, 1.807) is 13.0 Å². The molecule has 8 nitrogen and oxygen atoms in total. The number of aryl methyl sites for hydroxylation is 2. The van der Waals surface area contributed by atoms with E-state index in [4.69, 9.17) is 4.74 Å². The Kier molecular flexibility index (Phi) is 6.78. The maximum Gasteiger partial charge on any atom is 0.306 e. The highest BCUT2D eigenvalue weighted by Crippen LogP contribution is 2.22. The Morgan fingerprint density at radius 2 is 1.89 bits per heavy atom. The number of carbonyl (C=O) groups excluding carboxylic acids is 3. The summed E-state index contributed by atoms with van der Waals surface area (Å²) in [4.78, 5) is 47.4. The van der Waals surface area contributed by atoms with Crippen LogP contribution in [0.2, 0.25) is 0 Å². The molecule has 27 heavy (non-hydrogen) atoms. The largest absolute Gasteiger partial charge is 0.456 e. The molecule has 0 aliphatic carbocycles. The molecule has 9 heteroatoms. The summed E-state index contributed by atoms with van der Waals surface area (Å²) in [5.74, 6) is -1.44. The highest BCUT2D eigenvalue weighted by atomic mass is 32.1. The van der Waals surface area contributed by atoms with Crippen LogP contribution in [0.15, 0.2) is 30.3 Å². The van der Waals surface area contributed by atoms with Gasteiger partial charge in [0, 0.05) is 28.6 Å². The van der Waals surface area contributed by atoms with Gasteiger partial charge in [-0.1, -0.05) is 6.07 Å². The molecule has 1 heterocycles. The number of anilines is 1. The van der Waals surface area contributed by atoms with Crippen molar-refractivity contribution in [1.29, 1.82) is 0 Å². The molecule has 0 spiro atoms. The van der Waals surface area contributed by atoms with Crippen molar-refractivity contribution in [2.45, 2.75) is 26.7 Å². The monoisotopic (exact) mass is 390 g/mol. The number of Topliss-reactive ketones (excluding diaryl/α,β-unsaturated/α-hetero) is 1. The summed E-state index contributed by atoms with van der Waals surface area (Å²) in [6.45, 7) is 2.94. The van der Waals surface area contributed by atoms with Gasteiger partial charge in [-0.25, -0.2) is 0 Å². The molecule has 1 amide bonds. The molecule has 0 atom stereocenters. The fraction of sp³-hybridized carbons (Fsp3) is 0.278. The van der Waals surface area contributed by atoms with E-state index >= 15 is 0 Å². The van der Waals surface area contributed by atoms with Gasteiger partial charge < -0.3 is 10.1 Å². The van der Waals surface area contributed by atoms with Crippen molar-refractivity contribution in [1.82, 2.24) is 0 Å². The summed E-state index contributed by atoms with van der Waals surface area (Å²) in [5.41, 5.74) is 0.582. The van der Waals surface area contributed by atoms with Gasteiger partial charge in [0.25, 0.3) is 11.6 Å². The van der Waals surface area contributed by atoms with Crippen LogP contribution in [-0.4, -0.2) is 29.2 Å². The molecule has 0 unspecified atom stereocenters. The van der Waals surface area contributed by atoms with Gasteiger partial charge in [0.1, 0.15) is 0 Å². The fourth-order valence-corrected chi connectivity index (χ4v) is 3.06. The van der Waals surface area contributed by atoms with E-state index in [-0.39, 0.29) is 30.0 Å². The third-order valence-corrected chi connectivity index (χ3v) is 4.67. The fourth-order valence-electron chi connectivity index (χ4n) is 2.22. The standard InChI is InChI=1S/C18H18N2O6S/c1-11-3-5-13(9-14(11)20(24)25)19-17(22)10-26-18(23)8-6-15(21)16-7-4-12(2)27-16/h3-5,7,9H,6,8,10H2,1-2H3,(H,19,22). The van der Waals surface area contributed by atoms with Crippen LogP contribution in [0.25, 0.3) is 0 Å².